The van der Waals surface area contributed by atoms with Gasteiger partial charge >= 0.3 is 0 Å². The number of hydrogen-bond acceptors (Lipinski definition) is 3. The molecule has 0 unspecified atom stereocenters. The van der Waals surface area contributed by atoms with Gasteiger partial charge in [-0.1, -0.05) is 60.1 Å². The van der Waals surface area contributed by atoms with Crippen molar-refractivity contribution < 1.29 is 13.2 Å². The van der Waals surface area contributed by atoms with E-state index in [4.69, 9.17) is 11.6 Å². The van der Waals surface area contributed by atoms with Crippen LogP contribution >= 0.6 is 11.6 Å². The van der Waals surface area contributed by atoms with Crippen LogP contribution in [-0.2, 0) is 27.7 Å². The van der Waals surface area contributed by atoms with E-state index in [9.17, 15) is 13.2 Å². The number of hydrogen-bond donors (Lipinski definition) is 1. The van der Waals surface area contributed by atoms with Crippen LogP contribution < -0.4 is 5.32 Å². The molecule has 1 amide bonds. The monoisotopic (exact) mass is 438 g/mol. The number of halogens is 1. The van der Waals surface area contributed by atoms with Crippen LogP contribution in [0.25, 0.3) is 10.9 Å². The normalized spacial score (nSPS) is 11.5. The number of benzene rings is 3. The Morgan fingerprint density at radius 3 is 2.30 bits per heavy atom. The topological polar surface area (TPSA) is 68.2 Å². The lowest BCUT2D eigenvalue weighted by Crippen LogP contribution is -2.26. The minimum Gasteiger partial charge on any atom is -0.350 e. The number of carbonyl (C=O) groups is 1. The smallest absolute Gasteiger partial charge is 0.240 e. The summed E-state index contributed by atoms with van der Waals surface area (Å²) in [4.78, 5) is 12.8. The molecule has 4 rings (SSSR count). The molecule has 0 atom stereocenters. The second-order valence-corrected chi connectivity index (χ2v) is 9.21. The Morgan fingerprint density at radius 1 is 0.900 bits per heavy atom. The van der Waals surface area contributed by atoms with Gasteiger partial charge in [-0.05, 0) is 35.9 Å². The van der Waals surface area contributed by atoms with Gasteiger partial charge in [0, 0.05) is 28.7 Å². The summed E-state index contributed by atoms with van der Waals surface area (Å²) in [5.74, 6) is -0.199. The lowest BCUT2D eigenvalue weighted by Gasteiger charge is -2.07. The van der Waals surface area contributed by atoms with E-state index in [0.717, 1.165) is 5.56 Å². The summed E-state index contributed by atoms with van der Waals surface area (Å²) in [6, 6.07) is 22.8. The lowest BCUT2D eigenvalue weighted by molar-refractivity contribution is -0.121. The van der Waals surface area contributed by atoms with E-state index >= 15 is 0 Å². The maximum atomic E-state index is 13.2. The molecule has 0 aliphatic heterocycles. The van der Waals surface area contributed by atoms with E-state index in [1.54, 1.807) is 34.9 Å². The number of rotatable bonds is 6. The average molecular weight is 439 g/mol. The largest absolute Gasteiger partial charge is 0.350 e. The number of aromatic nitrogens is 1. The summed E-state index contributed by atoms with van der Waals surface area (Å²) in [5.41, 5.74) is 1.68. The molecule has 3 aromatic carbocycles. The minimum absolute atomic E-state index is 0.0173. The highest BCUT2D eigenvalue weighted by Crippen LogP contribution is 2.30. The predicted octanol–water partition coefficient (Wildman–Crippen LogP) is 4.44. The van der Waals surface area contributed by atoms with Crippen molar-refractivity contribution in [2.24, 2.45) is 0 Å². The molecule has 5 nitrogen and oxygen atoms in total. The molecule has 7 heteroatoms. The van der Waals surface area contributed by atoms with Gasteiger partial charge in [-0.15, -0.1) is 0 Å². The standard InChI is InChI=1S/C23H19ClN2O3S/c24-18-10-12-19(13-11-18)30(28,29)22-15-26(21-9-5-4-8-20(21)22)16-23(27)25-14-17-6-2-1-3-7-17/h1-13,15H,14,16H2,(H,25,27). The molecule has 0 saturated heterocycles. The zero-order chi connectivity index (χ0) is 21.1. The second-order valence-electron chi connectivity index (χ2n) is 6.86. The van der Waals surface area contributed by atoms with Gasteiger partial charge in [-0.25, -0.2) is 8.42 Å². The summed E-state index contributed by atoms with van der Waals surface area (Å²) in [5, 5.41) is 3.91. The molecule has 1 N–H and O–H groups in total. The molecule has 0 bridgehead atoms. The van der Waals surface area contributed by atoms with Gasteiger partial charge in [0.25, 0.3) is 0 Å². The molecule has 0 radical (unpaired) electrons. The van der Waals surface area contributed by atoms with Crippen molar-refractivity contribution >= 4 is 38.2 Å². The van der Waals surface area contributed by atoms with E-state index < -0.39 is 9.84 Å². The Balaban J connectivity index is 1.64. The van der Waals surface area contributed by atoms with E-state index in [1.807, 2.05) is 36.4 Å². The summed E-state index contributed by atoms with van der Waals surface area (Å²) < 4.78 is 28.1. The third kappa shape index (κ3) is 4.10. The van der Waals surface area contributed by atoms with Crippen molar-refractivity contribution in [3.8, 4) is 0 Å². The zero-order valence-corrected chi connectivity index (χ0v) is 17.5. The number of para-hydroxylation sites is 1. The Bertz CT molecular complexity index is 1300. The van der Waals surface area contributed by atoms with Crippen LogP contribution in [0.2, 0.25) is 5.02 Å². The number of nitrogens with one attached hydrogen (secondary N) is 1. The van der Waals surface area contributed by atoms with Gasteiger partial charge in [0.2, 0.25) is 15.7 Å². The Morgan fingerprint density at radius 2 is 1.57 bits per heavy atom. The zero-order valence-electron chi connectivity index (χ0n) is 16.0. The predicted molar refractivity (Wildman–Crippen MR) is 117 cm³/mol. The Kier molecular flexibility index (Phi) is 5.61. The number of fused-ring (bicyclic) bond motifs is 1. The second kappa shape index (κ2) is 8.34. The molecule has 4 aromatic rings. The molecule has 152 valence electrons. The SMILES string of the molecule is O=C(Cn1cc(S(=O)(=O)c2ccc(Cl)cc2)c2ccccc21)NCc1ccccc1. The fraction of sp³-hybridized carbons (Fsp3) is 0.0870. The van der Waals surface area contributed by atoms with Gasteiger partial charge < -0.3 is 9.88 Å². The van der Waals surface area contributed by atoms with Crippen LogP contribution in [-0.4, -0.2) is 18.9 Å². The van der Waals surface area contributed by atoms with Crippen LogP contribution in [0.3, 0.4) is 0 Å². The first-order valence-electron chi connectivity index (χ1n) is 9.34. The molecule has 1 heterocycles. The molecule has 0 saturated carbocycles. The Hall–Kier alpha value is -3.09. The van der Waals surface area contributed by atoms with Gasteiger partial charge in [-0.2, -0.15) is 0 Å². The number of amides is 1. The molecule has 0 aliphatic carbocycles. The molecule has 0 fully saturated rings. The molecule has 1 aromatic heterocycles. The minimum atomic E-state index is -3.76. The van der Waals surface area contributed by atoms with E-state index in [1.165, 1.54) is 18.3 Å². The average Bonchev–Trinajstić information content (AvgIpc) is 3.13. The number of nitrogens with zero attached hydrogens (tertiary/aromatic N) is 1. The van der Waals surface area contributed by atoms with E-state index in [2.05, 4.69) is 5.32 Å². The number of carbonyl (C=O) groups excluding carboxylic acids is 1. The first-order chi connectivity index (χ1) is 14.4. The summed E-state index contributed by atoms with van der Waals surface area (Å²) in [6.45, 7) is 0.429. The van der Waals surface area contributed by atoms with E-state index in [0.29, 0.717) is 22.5 Å². The van der Waals surface area contributed by atoms with Gasteiger partial charge in [0.05, 0.1) is 9.79 Å². The van der Waals surface area contributed by atoms with Crippen molar-refractivity contribution in [2.45, 2.75) is 22.9 Å². The summed E-state index contributed by atoms with van der Waals surface area (Å²) in [7, 11) is -3.76. The Labute approximate surface area is 179 Å². The molecular formula is C23H19ClN2O3S. The van der Waals surface area contributed by atoms with Crippen LogP contribution in [0.15, 0.2) is 94.9 Å². The van der Waals surface area contributed by atoms with Crippen molar-refractivity contribution in [3.63, 3.8) is 0 Å². The van der Waals surface area contributed by atoms with Gasteiger partial charge in [0.15, 0.2) is 0 Å². The first-order valence-corrected chi connectivity index (χ1v) is 11.2. The van der Waals surface area contributed by atoms with Gasteiger partial charge in [-0.3, -0.25) is 4.79 Å². The fourth-order valence-electron chi connectivity index (χ4n) is 3.31. The van der Waals surface area contributed by atoms with Gasteiger partial charge in [0.1, 0.15) is 6.54 Å². The quantitative estimate of drug-likeness (QED) is 0.483. The summed E-state index contributed by atoms with van der Waals surface area (Å²) in [6.07, 6.45) is 1.52. The van der Waals surface area contributed by atoms with E-state index in [-0.39, 0.29) is 22.2 Å². The maximum absolute atomic E-state index is 13.2. The first kappa shape index (κ1) is 20.2. The highest BCUT2D eigenvalue weighted by atomic mass is 35.5. The van der Waals surface area contributed by atoms with Crippen LogP contribution in [0, 0.1) is 0 Å². The number of sulfone groups is 1. The highest BCUT2D eigenvalue weighted by molar-refractivity contribution is 7.91. The lowest BCUT2D eigenvalue weighted by atomic mass is 10.2. The third-order valence-electron chi connectivity index (χ3n) is 4.81. The molecule has 0 aliphatic rings. The fourth-order valence-corrected chi connectivity index (χ4v) is 4.91. The third-order valence-corrected chi connectivity index (χ3v) is 6.86. The van der Waals surface area contributed by atoms with Crippen LogP contribution in [0.5, 0.6) is 0 Å². The molecule has 30 heavy (non-hydrogen) atoms. The summed E-state index contributed by atoms with van der Waals surface area (Å²) >= 11 is 5.89. The van der Waals surface area contributed by atoms with Crippen LogP contribution in [0.1, 0.15) is 5.56 Å². The van der Waals surface area contributed by atoms with Crippen molar-refractivity contribution in [1.29, 1.82) is 0 Å². The van der Waals surface area contributed by atoms with Crippen molar-refractivity contribution in [3.05, 3.63) is 95.6 Å². The van der Waals surface area contributed by atoms with Crippen LogP contribution in [0.4, 0.5) is 0 Å². The van der Waals surface area contributed by atoms with Crippen molar-refractivity contribution in [2.75, 3.05) is 0 Å². The molecule has 0 spiro atoms. The van der Waals surface area contributed by atoms with Crippen molar-refractivity contribution in [1.82, 2.24) is 9.88 Å². The highest BCUT2D eigenvalue weighted by Gasteiger charge is 2.23. The maximum Gasteiger partial charge on any atom is 0.240 e. The molecular weight excluding hydrogens is 420 g/mol.